The molecule has 0 saturated carbocycles. The fourth-order valence-electron chi connectivity index (χ4n) is 3.06. The third-order valence-electron chi connectivity index (χ3n) is 4.23. The van der Waals surface area contributed by atoms with Crippen LogP contribution in [-0.2, 0) is 4.74 Å². The Balaban J connectivity index is 2.10. The maximum Gasteiger partial charge on any atom is 0.0749 e. The summed E-state index contributed by atoms with van der Waals surface area (Å²) in [6.45, 7) is 4.13. The third kappa shape index (κ3) is 3.74. The second-order valence-electron chi connectivity index (χ2n) is 5.68. The van der Waals surface area contributed by atoms with Gasteiger partial charge in [-0.2, -0.15) is 0 Å². The van der Waals surface area contributed by atoms with Gasteiger partial charge in [0.1, 0.15) is 0 Å². The van der Waals surface area contributed by atoms with Crippen molar-refractivity contribution in [2.24, 2.45) is 0 Å². The van der Waals surface area contributed by atoms with Crippen molar-refractivity contribution in [2.45, 2.75) is 44.8 Å². The average Bonchev–Trinajstić information content (AvgIpc) is 2.50. The summed E-state index contributed by atoms with van der Waals surface area (Å²) in [5.74, 6) is 0. The van der Waals surface area contributed by atoms with E-state index in [9.17, 15) is 0 Å². The van der Waals surface area contributed by atoms with Crippen LogP contribution in [0.5, 0.6) is 0 Å². The van der Waals surface area contributed by atoms with Gasteiger partial charge in [0, 0.05) is 31.9 Å². The van der Waals surface area contributed by atoms with E-state index in [1.54, 1.807) is 0 Å². The average molecular weight is 276 g/mol. The highest BCUT2D eigenvalue weighted by molar-refractivity contribution is 5.54. The first-order chi connectivity index (χ1) is 9.76. The van der Waals surface area contributed by atoms with Crippen molar-refractivity contribution < 1.29 is 4.74 Å². The van der Waals surface area contributed by atoms with E-state index in [-0.39, 0.29) is 0 Å². The summed E-state index contributed by atoms with van der Waals surface area (Å²) in [5.41, 5.74) is 2.71. The molecule has 1 saturated heterocycles. The van der Waals surface area contributed by atoms with Gasteiger partial charge in [-0.3, -0.25) is 0 Å². The lowest BCUT2D eigenvalue weighted by Crippen LogP contribution is -2.34. The van der Waals surface area contributed by atoms with Crippen molar-refractivity contribution in [2.75, 3.05) is 32.1 Å². The van der Waals surface area contributed by atoms with Gasteiger partial charge in [0.25, 0.3) is 0 Å². The lowest BCUT2D eigenvalue weighted by Gasteiger charge is -2.31. The van der Waals surface area contributed by atoms with Crippen LogP contribution in [0.3, 0.4) is 0 Å². The minimum absolute atomic E-state index is 0.386. The smallest absolute Gasteiger partial charge is 0.0749 e. The fraction of sp³-hybridized carbons (Fsp3) is 0.647. The number of ether oxygens (including phenoxy) is 1. The SMILES string of the molecule is CCC(NC)c1ccccc1N(C)CC1CCCCO1. The van der Waals surface area contributed by atoms with E-state index in [1.165, 1.54) is 30.5 Å². The van der Waals surface area contributed by atoms with E-state index in [0.29, 0.717) is 12.1 Å². The highest BCUT2D eigenvalue weighted by atomic mass is 16.5. The molecule has 0 amide bonds. The van der Waals surface area contributed by atoms with Gasteiger partial charge in [-0.05, 0) is 44.4 Å². The molecule has 1 heterocycles. The molecule has 1 aliphatic heterocycles. The Labute approximate surface area is 123 Å². The summed E-state index contributed by atoms with van der Waals surface area (Å²) >= 11 is 0. The molecule has 0 spiro atoms. The first-order valence-electron chi connectivity index (χ1n) is 7.85. The quantitative estimate of drug-likeness (QED) is 0.862. The maximum atomic E-state index is 5.87. The van der Waals surface area contributed by atoms with E-state index in [4.69, 9.17) is 4.74 Å². The number of anilines is 1. The van der Waals surface area contributed by atoms with Crippen LogP contribution in [0.4, 0.5) is 5.69 Å². The minimum atomic E-state index is 0.386. The molecule has 3 heteroatoms. The number of benzene rings is 1. The van der Waals surface area contributed by atoms with Gasteiger partial charge in [-0.1, -0.05) is 25.1 Å². The molecule has 2 unspecified atom stereocenters. The molecule has 1 aliphatic rings. The zero-order valence-corrected chi connectivity index (χ0v) is 13.1. The van der Waals surface area contributed by atoms with Crippen LogP contribution in [0.25, 0.3) is 0 Å². The molecule has 1 fully saturated rings. The predicted octanol–water partition coefficient (Wildman–Crippen LogP) is 3.36. The monoisotopic (exact) mass is 276 g/mol. The van der Waals surface area contributed by atoms with Crippen molar-refractivity contribution in [3.05, 3.63) is 29.8 Å². The van der Waals surface area contributed by atoms with Gasteiger partial charge < -0.3 is 15.0 Å². The van der Waals surface area contributed by atoms with Crippen molar-refractivity contribution in [3.8, 4) is 0 Å². The fourth-order valence-corrected chi connectivity index (χ4v) is 3.06. The van der Waals surface area contributed by atoms with Crippen LogP contribution in [-0.4, -0.2) is 33.4 Å². The molecule has 2 rings (SSSR count). The van der Waals surface area contributed by atoms with Gasteiger partial charge in [0.05, 0.1) is 6.10 Å². The number of nitrogens with one attached hydrogen (secondary N) is 1. The Bertz CT molecular complexity index is 398. The second kappa shape index (κ2) is 7.65. The zero-order chi connectivity index (χ0) is 14.4. The molecule has 1 aromatic rings. The molecular formula is C17H28N2O. The molecule has 0 bridgehead atoms. The number of hydrogen-bond donors (Lipinski definition) is 1. The van der Waals surface area contributed by atoms with Crippen LogP contribution in [0.1, 0.15) is 44.2 Å². The third-order valence-corrected chi connectivity index (χ3v) is 4.23. The second-order valence-corrected chi connectivity index (χ2v) is 5.68. The lowest BCUT2D eigenvalue weighted by molar-refractivity contribution is 0.0216. The van der Waals surface area contributed by atoms with Crippen molar-refractivity contribution in [1.82, 2.24) is 5.32 Å². The molecule has 1 aromatic carbocycles. The van der Waals surface area contributed by atoms with Crippen LogP contribution in [0.2, 0.25) is 0 Å². The Morgan fingerprint density at radius 2 is 2.15 bits per heavy atom. The van der Waals surface area contributed by atoms with Gasteiger partial charge in [-0.15, -0.1) is 0 Å². The van der Waals surface area contributed by atoms with Crippen LogP contribution in [0, 0.1) is 0 Å². The summed E-state index contributed by atoms with van der Waals surface area (Å²) in [5, 5.41) is 3.41. The Morgan fingerprint density at radius 3 is 2.80 bits per heavy atom. The van der Waals surface area contributed by atoms with Gasteiger partial charge >= 0.3 is 0 Å². The summed E-state index contributed by atoms with van der Waals surface area (Å²) < 4.78 is 5.87. The van der Waals surface area contributed by atoms with Crippen molar-refractivity contribution in [3.63, 3.8) is 0 Å². The summed E-state index contributed by atoms with van der Waals surface area (Å²) in [6, 6.07) is 9.13. The molecule has 0 aromatic heterocycles. The Morgan fingerprint density at radius 1 is 1.35 bits per heavy atom. The normalized spacial score (nSPS) is 20.6. The van der Waals surface area contributed by atoms with Crippen LogP contribution >= 0.6 is 0 Å². The van der Waals surface area contributed by atoms with Gasteiger partial charge in [0.15, 0.2) is 0 Å². The lowest BCUT2D eigenvalue weighted by atomic mass is 10.0. The van der Waals surface area contributed by atoms with E-state index in [2.05, 4.69) is 48.5 Å². The van der Waals surface area contributed by atoms with Gasteiger partial charge in [-0.25, -0.2) is 0 Å². The molecule has 20 heavy (non-hydrogen) atoms. The minimum Gasteiger partial charge on any atom is -0.376 e. The number of nitrogens with zero attached hydrogens (tertiary/aromatic N) is 1. The van der Waals surface area contributed by atoms with Crippen LogP contribution in [0.15, 0.2) is 24.3 Å². The first kappa shape index (κ1) is 15.3. The number of hydrogen-bond acceptors (Lipinski definition) is 3. The highest BCUT2D eigenvalue weighted by Gasteiger charge is 2.19. The van der Waals surface area contributed by atoms with Crippen molar-refractivity contribution >= 4 is 5.69 Å². The van der Waals surface area contributed by atoms with E-state index < -0.39 is 0 Å². The standard InChI is InChI=1S/C17H28N2O/c1-4-16(18-2)15-10-5-6-11-17(15)19(3)13-14-9-7-8-12-20-14/h5-6,10-11,14,16,18H,4,7-9,12-13H2,1-3H3. The first-order valence-corrected chi connectivity index (χ1v) is 7.85. The van der Waals surface area contributed by atoms with E-state index in [1.807, 2.05) is 7.05 Å². The van der Waals surface area contributed by atoms with E-state index in [0.717, 1.165) is 19.6 Å². The summed E-state index contributed by atoms with van der Waals surface area (Å²) in [6.07, 6.45) is 5.19. The topological polar surface area (TPSA) is 24.5 Å². The molecular weight excluding hydrogens is 248 g/mol. The Kier molecular flexibility index (Phi) is 5.86. The predicted molar refractivity (Wildman–Crippen MR) is 85.4 cm³/mol. The Hall–Kier alpha value is -1.06. The number of rotatable bonds is 6. The summed E-state index contributed by atoms with van der Waals surface area (Å²) in [7, 11) is 4.22. The molecule has 112 valence electrons. The molecule has 1 N–H and O–H groups in total. The summed E-state index contributed by atoms with van der Waals surface area (Å²) in [4.78, 5) is 2.35. The molecule has 2 atom stereocenters. The van der Waals surface area contributed by atoms with Crippen molar-refractivity contribution in [1.29, 1.82) is 0 Å². The zero-order valence-electron chi connectivity index (χ0n) is 13.1. The molecule has 3 nitrogen and oxygen atoms in total. The maximum absolute atomic E-state index is 5.87. The molecule has 0 radical (unpaired) electrons. The molecule has 0 aliphatic carbocycles. The number of para-hydroxylation sites is 1. The van der Waals surface area contributed by atoms with Gasteiger partial charge in [0.2, 0.25) is 0 Å². The number of likely N-dealkylation sites (N-methyl/N-ethyl adjacent to an activating group) is 1. The van der Waals surface area contributed by atoms with Crippen LogP contribution < -0.4 is 10.2 Å². The van der Waals surface area contributed by atoms with E-state index >= 15 is 0 Å². The highest BCUT2D eigenvalue weighted by Crippen LogP contribution is 2.28. The largest absolute Gasteiger partial charge is 0.376 e.